The molecule has 1 unspecified atom stereocenters. The maximum absolute atomic E-state index is 12.3. The van der Waals surface area contributed by atoms with Crippen molar-refractivity contribution in [2.24, 2.45) is 0 Å². The van der Waals surface area contributed by atoms with Gasteiger partial charge in [-0.3, -0.25) is 4.79 Å². The van der Waals surface area contributed by atoms with E-state index in [9.17, 15) is 4.79 Å². The molecule has 20 heavy (non-hydrogen) atoms. The number of morpholine rings is 1. The lowest BCUT2D eigenvalue weighted by Gasteiger charge is -2.37. The van der Waals surface area contributed by atoms with E-state index >= 15 is 0 Å². The maximum atomic E-state index is 12.3. The van der Waals surface area contributed by atoms with Crippen molar-refractivity contribution in [3.8, 4) is 0 Å². The number of halogens is 1. The zero-order chi connectivity index (χ0) is 14.7. The number of rotatable bonds is 3. The molecule has 0 radical (unpaired) electrons. The van der Waals surface area contributed by atoms with E-state index in [1.54, 1.807) is 18.2 Å². The third-order valence-electron chi connectivity index (χ3n) is 3.17. The number of nitrogen functional groups attached to an aromatic ring is 1. The summed E-state index contributed by atoms with van der Waals surface area (Å²) in [6, 6.07) is 5.03. The molecule has 1 aliphatic heterocycles. The molecule has 0 spiro atoms. The zero-order valence-electron chi connectivity index (χ0n) is 11.7. The molecular formula is C14H20ClN3O2. The van der Waals surface area contributed by atoms with Gasteiger partial charge in [-0.1, -0.05) is 17.7 Å². The van der Waals surface area contributed by atoms with Gasteiger partial charge in [0.2, 0.25) is 5.91 Å². The normalized spacial score (nSPS) is 19.2. The Labute approximate surface area is 124 Å². The van der Waals surface area contributed by atoms with E-state index in [1.807, 2.05) is 18.7 Å². The van der Waals surface area contributed by atoms with Crippen molar-refractivity contribution in [2.45, 2.75) is 25.9 Å². The van der Waals surface area contributed by atoms with E-state index in [0.29, 0.717) is 36.2 Å². The van der Waals surface area contributed by atoms with Crippen LogP contribution in [0, 0.1) is 0 Å². The highest BCUT2D eigenvalue weighted by Crippen LogP contribution is 2.34. The van der Waals surface area contributed by atoms with E-state index < -0.39 is 6.04 Å². The van der Waals surface area contributed by atoms with Gasteiger partial charge in [0.1, 0.15) is 6.04 Å². The number of nitrogens with one attached hydrogen (secondary N) is 1. The van der Waals surface area contributed by atoms with Gasteiger partial charge < -0.3 is 20.7 Å². The fraction of sp³-hybridized carbons (Fsp3) is 0.500. The Kier molecular flexibility index (Phi) is 4.73. The molecule has 5 nitrogen and oxygen atoms in total. The summed E-state index contributed by atoms with van der Waals surface area (Å²) in [5.41, 5.74) is 7.30. The van der Waals surface area contributed by atoms with Crippen molar-refractivity contribution in [2.75, 3.05) is 30.4 Å². The largest absolute Gasteiger partial charge is 0.397 e. The van der Waals surface area contributed by atoms with Gasteiger partial charge in [-0.2, -0.15) is 0 Å². The molecule has 1 aliphatic rings. The number of carbonyl (C=O) groups is 1. The molecular weight excluding hydrogens is 278 g/mol. The predicted octanol–water partition coefficient (Wildman–Crippen LogP) is 1.65. The first kappa shape index (κ1) is 14.9. The van der Waals surface area contributed by atoms with Crippen LogP contribution < -0.4 is 16.0 Å². The molecule has 1 amide bonds. The first-order valence-corrected chi connectivity index (χ1v) is 7.07. The Balaban J connectivity index is 2.29. The lowest BCUT2D eigenvalue weighted by Crippen LogP contribution is -2.55. The number of nitrogens with zero attached hydrogens (tertiary/aromatic N) is 1. The van der Waals surface area contributed by atoms with Gasteiger partial charge in [0.15, 0.2) is 0 Å². The zero-order valence-corrected chi connectivity index (χ0v) is 12.5. The standard InChI is InChI=1S/C14H20ClN3O2/c1-9(2)17-14(19)12-8-20-7-6-18(12)13-10(15)4-3-5-11(13)16/h3-5,9,12H,6-8,16H2,1-2H3,(H,17,19). The van der Waals surface area contributed by atoms with Crippen molar-refractivity contribution < 1.29 is 9.53 Å². The Bertz CT molecular complexity index is 473. The molecule has 0 bridgehead atoms. The molecule has 1 aromatic carbocycles. The minimum Gasteiger partial charge on any atom is -0.397 e. The predicted molar refractivity (Wildman–Crippen MR) is 81.1 cm³/mol. The second-order valence-electron chi connectivity index (χ2n) is 5.13. The van der Waals surface area contributed by atoms with Crippen LogP contribution in [-0.4, -0.2) is 37.7 Å². The van der Waals surface area contributed by atoms with Gasteiger partial charge in [-0.25, -0.2) is 0 Å². The van der Waals surface area contributed by atoms with Crippen molar-refractivity contribution >= 4 is 28.9 Å². The van der Waals surface area contributed by atoms with Gasteiger partial charge >= 0.3 is 0 Å². The number of hydrogen-bond donors (Lipinski definition) is 2. The van der Waals surface area contributed by atoms with Gasteiger partial charge in [-0.15, -0.1) is 0 Å². The van der Waals surface area contributed by atoms with Crippen molar-refractivity contribution in [3.63, 3.8) is 0 Å². The Morgan fingerprint density at radius 2 is 2.30 bits per heavy atom. The molecule has 110 valence electrons. The van der Waals surface area contributed by atoms with E-state index in [0.717, 1.165) is 0 Å². The number of carbonyl (C=O) groups excluding carboxylic acids is 1. The van der Waals surface area contributed by atoms with Crippen LogP contribution in [0.15, 0.2) is 18.2 Å². The average Bonchev–Trinajstić information content (AvgIpc) is 2.38. The lowest BCUT2D eigenvalue weighted by molar-refractivity contribution is -0.125. The SMILES string of the molecule is CC(C)NC(=O)C1COCCN1c1c(N)cccc1Cl. The van der Waals surface area contributed by atoms with E-state index in [2.05, 4.69) is 5.32 Å². The first-order chi connectivity index (χ1) is 9.50. The Hall–Kier alpha value is -1.46. The van der Waals surface area contributed by atoms with Crippen LogP contribution in [0.1, 0.15) is 13.8 Å². The maximum Gasteiger partial charge on any atom is 0.245 e. The van der Waals surface area contributed by atoms with Crippen molar-refractivity contribution in [1.82, 2.24) is 5.32 Å². The molecule has 0 aromatic heterocycles. The number of hydrogen-bond acceptors (Lipinski definition) is 4. The van der Waals surface area contributed by atoms with Crippen molar-refractivity contribution in [3.05, 3.63) is 23.2 Å². The molecule has 1 saturated heterocycles. The van der Waals surface area contributed by atoms with Crippen LogP contribution in [0.3, 0.4) is 0 Å². The molecule has 1 heterocycles. The summed E-state index contributed by atoms with van der Waals surface area (Å²) >= 11 is 6.24. The number of nitrogens with two attached hydrogens (primary N) is 1. The summed E-state index contributed by atoms with van der Waals surface area (Å²) in [6.45, 7) is 5.33. The molecule has 1 fully saturated rings. The first-order valence-electron chi connectivity index (χ1n) is 6.69. The number of ether oxygens (including phenoxy) is 1. The average molecular weight is 298 g/mol. The summed E-state index contributed by atoms with van der Waals surface area (Å²) in [5, 5.41) is 3.46. The van der Waals surface area contributed by atoms with Crippen LogP contribution in [0.2, 0.25) is 5.02 Å². The lowest BCUT2D eigenvalue weighted by atomic mass is 10.1. The fourth-order valence-electron chi connectivity index (χ4n) is 2.30. The molecule has 6 heteroatoms. The highest BCUT2D eigenvalue weighted by atomic mass is 35.5. The van der Waals surface area contributed by atoms with Crippen LogP contribution in [0.5, 0.6) is 0 Å². The molecule has 1 aromatic rings. The summed E-state index contributed by atoms with van der Waals surface area (Å²) in [5.74, 6) is -0.0704. The number of benzene rings is 1. The topological polar surface area (TPSA) is 67.6 Å². The molecule has 0 saturated carbocycles. The molecule has 3 N–H and O–H groups in total. The summed E-state index contributed by atoms with van der Waals surface area (Å²) in [7, 11) is 0. The van der Waals surface area contributed by atoms with Gasteiger partial charge in [0.05, 0.1) is 29.6 Å². The second kappa shape index (κ2) is 6.33. The van der Waals surface area contributed by atoms with Crippen LogP contribution in [0.25, 0.3) is 0 Å². The van der Waals surface area contributed by atoms with Gasteiger partial charge in [0.25, 0.3) is 0 Å². The number of anilines is 2. The number of amides is 1. The third kappa shape index (κ3) is 3.16. The molecule has 2 rings (SSSR count). The summed E-state index contributed by atoms with van der Waals surface area (Å²) in [6.07, 6.45) is 0. The Morgan fingerprint density at radius 3 is 2.95 bits per heavy atom. The Morgan fingerprint density at radius 1 is 1.55 bits per heavy atom. The van der Waals surface area contributed by atoms with E-state index in [4.69, 9.17) is 22.1 Å². The smallest absolute Gasteiger partial charge is 0.245 e. The summed E-state index contributed by atoms with van der Waals surface area (Å²) in [4.78, 5) is 14.2. The second-order valence-corrected chi connectivity index (χ2v) is 5.53. The minimum absolute atomic E-state index is 0.0704. The van der Waals surface area contributed by atoms with Crippen LogP contribution >= 0.6 is 11.6 Å². The van der Waals surface area contributed by atoms with Gasteiger partial charge in [0, 0.05) is 12.6 Å². The monoisotopic (exact) mass is 297 g/mol. The fourth-order valence-corrected chi connectivity index (χ4v) is 2.59. The number of para-hydroxylation sites is 1. The quantitative estimate of drug-likeness (QED) is 0.833. The van der Waals surface area contributed by atoms with Crippen molar-refractivity contribution in [1.29, 1.82) is 0 Å². The van der Waals surface area contributed by atoms with Crippen LogP contribution in [-0.2, 0) is 9.53 Å². The molecule has 0 aliphatic carbocycles. The molecule has 1 atom stereocenters. The highest BCUT2D eigenvalue weighted by Gasteiger charge is 2.31. The third-order valence-corrected chi connectivity index (χ3v) is 3.47. The summed E-state index contributed by atoms with van der Waals surface area (Å²) < 4.78 is 5.43. The minimum atomic E-state index is -0.409. The van der Waals surface area contributed by atoms with E-state index in [1.165, 1.54) is 0 Å². The highest BCUT2D eigenvalue weighted by molar-refractivity contribution is 6.34. The van der Waals surface area contributed by atoms with E-state index in [-0.39, 0.29) is 11.9 Å². The van der Waals surface area contributed by atoms with Gasteiger partial charge in [-0.05, 0) is 26.0 Å². The van der Waals surface area contributed by atoms with Crippen LogP contribution in [0.4, 0.5) is 11.4 Å².